The highest BCUT2D eigenvalue weighted by Crippen LogP contribution is 2.37. The van der Waals surface area contributed by atoms with E-state index in [-0.39, 0.29) is 5.82 Å². The van der Waals surface area contributed by atoms with Crippen molar-refractivity contribution in [1.82, 2.24) is 4.31 Å². The molecule has 5 heteroatoms. The van der Waals surface area contributed by atoms with Crippen molar-refractivity contribution >= 4 is 10.0 Å². The van der Waals surface area contributed by atoms with E-state index in [9.17, 15) is 12.8 Å². The van der Waals surface area contributed by atoms with Gasteiger partial charge in [-0.2, -0.15) is 4.31 Å². The zero-order chi connectivity index (χ0) is 15.0. The second-order valence-corrected chi connectivity index (χ2v) is 7.18. The van der Waals surface area contributed by atoms with Crippen molar-refractivity contribution in [1.29, 1.82) is 0 Å². The van der Waals surface area contributed by atoms with E-state index in [2.05, 4.69) is 0 Å². The first-order valence-electron chi connectivity index (χ1n) is 6.77. The van der Waals surface area contributed by atoms with Gasteiger partial charge in [0.25, 0.3) is 0 Å². The van der Waals surface area contributed by atoms with Gasteiger partial charge in [0, 0.05) is 12.1 Å². The van der Waals surface area contributed by atoms with Gasteiger partial charge in [0.05, 0.1) is 12.3 Å². The molecule has 3 rings (SSSR count). The van der Waals surface area contributed by atoms with Crippen LogP contribution in [0.15, 0.2) is 48.5 Å². The number of hydrogen-bond acceptors (Lipinski definition) is 2. The molecule has 1 atom stereocenters. The van der Waals surface area contributed by atoms with Crippen molar-refractivity contribution < 1.29 is 12.8 Å². The Kier molecular flexibility index (Phi) is 3.55. The van der Waals surface area contributed by atoms with Gasteiger partial charge in [-0.15, -0.1) is 0 Å². The van der Waals surface area contributed by atoms with Gasteiger partial charge in [0.2, 0.25) is 10.0 Å². The fraction of sp³-hybridized carbons (Fsp3) is 0.250. The first kappa shape index (κ1) is 14.2. The van der Waals surface area contributed by atoms with Gasteiger partial charge >= 0.3 is 0 Å². The Balaban J connectivity index is 2.22. The SMILES string of the molecule is CS(=O)(=O)N1CCc2ccccc2C1c1ccccc1F. The van der Waals surface area contributed by atoms with Gasteiger partial charge in [0.15, 0.2) is 0 Å². The van der Waals surface area contributed by atoms with Gasteiger partial charge in [-0.25, -0.2) is 12.8 Å². The highest BCUT2D eigenvalue weighted by molar-refractivity contribution is 7.88. The summed E-state index contributed by atoms with van der Waals surface area (Å²) in [4.78, 5) is 0. The molecule has 1 aliphatic heterocycles. The molecule has 1 unspecified atom stereocenters. The van der Waals surface area contributed by atoms with Gasteiger partial charge in [-0.1, -0.05) is 42.5 Å². The lowest BCUT2D eigenvalue weighted by molar-refractivity contribution is 0.339. The summed E-state index contributed by atoms with van der Waals surface area (Å²) >= 11 is 0. The summed E-state index contributed by atoms with van der Waals surface area (Å²) in [5.41, 5.74) is 2.33. The quantitative estimate of drug-likeness (QED) is 0.855. The predicted octanol–water partition coefficient (Wildman–Crippen LogP) is 2.73. The molecule has 0 amide bonds. The number of fused-ring (bicyclic) bond motifs is 1. The molecular weight excluding hydrogens is 289 g/mol. The number of nitrogens with zero attached hydrogens (tertiary/aromatic N) is 1. The van der Waals surface area contributed by atoms with Crippen molar-refractivity contribution in [3.8, 4) is 0 Å². The van der Waals surface area contributed by atoms with E-state index in [0.29, 0.717) is 18.5 Å². The minimum Gasteiger partial charge on any atom is -0.212 e. The standard InChI is InChI=1S/C16H16FNO2S/c1-21(19,20)18-11-10-12-6-2-3-7-13(12)16(18)14-8-4-5-9-15(14)17/h2-9,16H,10-11H2,1H3. The predicted molar refractivity (Wildman–Crippen MR) is 79.9 cm³/mol. The Hall–Kier alpha value is -1.72. The second kappa shape index (κ2) is 5.24. The van der Waals surface area contributed by atoms with Crippen LogP contribution in [0, 0.1) is 5.82 Å². The summed E-state index contributed by atoms with van der Waals surface area (Å²) < 4.78 is 39.8. The summed E-state index contributed by atoms with van der Waals surface area (Å²) in [5.74, 6) is -0.382. The maximum absolute atomic E-state index is 14.2. The van der Waals surface area contributed by atoms with Crippen LogP contribution in [0.25, 0.3) is 0 Å². The van der Waals surface area contributed by atoms with Crippen LogP contribution in [0.3, 0.4) is 0 Å². The molecule has 21 heavy (non-hydrogen) atoms. The van der Waals surface area contributed by atoms with Crippen LogP contribution in [0.5, 0.6) is 0 Å². The van der Waals surface area contributed by atoms with Crippen molar-refractivity contribution in [2.45, 2.75) is 12.5 Å². The minimum absolute atomic E-state index is 0.370. The molecule has 0 fully saturated rings. The number of halogens is 1. The van der Waals surface area contributed by atoms with Crippen LogP contribution in [-0.4, -0.2) is 25.5 Å². The van der Waals surface area contributed by atoms with E-state index in [1.807, 2.05) is 24.3 Å². The molecule has 1 aliphatic rings. The van der Waals surface area contributed by atoms with E-state index < -0.39 is 16.1 Å². The summed E-state index contributed by atoms with van der Waals surface area (Å²) in [7, 11) is -3.42. The van der Waals surface area contributed by atoms with E-state index in [0.717, 1.165) is 11.1 Å². The van der Waals surface area contributed by atoms with Gasteiger partial charge < -0.3 is 0 Å². The third-order valence-corrected chi connectivity index (χ3v) is 5.11. The first-order chi connectivity index (χ1) is 9.98. The van der Waals surface area contributed by atoms with Crippen molar-refractivity contribution in [3.63, 3.8) is 0 Å². The number of sulfonamides is 1. The van der Waals surface area contributed by atoms with Crippen LogP contribution in [0.4, 0.5) is 4.39 Å². The molecular formula is C16H16FNO2S. The lowest BCUT2D eigenvalue weighted by atomic mass is 9.90. The van der Waals surface area contributed by atoms with Crippen LogP contribution in [0.2, 0.25) is 0 Å². The largest absolute Gasteiger partial charge is 0.212 e. The maximum Gasteiger partial charge on any atom is 0.212 e. The van der Waals surface area contributed by atoms with Crippen LogP contribution >= 0.6 is 0 Å². The topological polar surface area (TPSA) is 37.4 Å². The molecule has 2 aromatic carbocycles. The molecule has 3 nitrogen and oxygen atoms in total. The van der Waals surface area contributed by atoms with E-state index in [1.54, 1.807) is 18.2 Å². The molecule has 0 aromatic heterocycles. The Morgan fingerprint density at radius 2 is 1.67 bits per heavy atom. The van der Waals surface area contributed by atoms with Crippen molar-refractivity contribution in [3.05, 3.63) is 71.0 Å². The number of rotatable bonds is 2. The Morgan fingerprint density at radius 1 is 1.05 bits per heavy atom. The molecule has 0 saturated heterocycles. The monoisotopic (exact) mass is 305 g/mol. The molecule has 1 heterocycles. The van der Waals surface area contributed by atoms with E-state index in [4.69, 9.17) is 0 Å². The molecule has 0 bridgehead atoms. The van der Waals surface area contributed by atoms with Gasteiger partial charge in [0.1, 0.15) is 5.82 Å². The summed E-state index contributed by atoms with van der Waals surface area (Å²) in [6.07, 6.45) is 1.82. The lowest BCUT2D eigenvalue weighted by Gasteiger charge is -2.36. The van der Waals surface area contributed by atoms with Crippen molar-refractivity contribution in [2.24, 2.45) is 0 Å². The zero-order valence-electron chi connectivity index (χ0n) is 11.7. The highest BCUT2D eigenvalue weighted by Gasteiger charge is 2.35. The van der Waals surface area contributed by atoms with Gasteiger partial charge in [-0.3, -0.25) is 0 Å². The van der Waals surface area contributed by atoms with Gasteiger partial charge in [-0.05, 0) is 23.6 Å². The Labute approximate surface area is 124 Å². The Morgan fingerprint density at radius 3 is 2.33 bits per heavy atom. The summed E-state index contributed by atoms with van der Waals surface area (Å²) in [6.45, 7) is 0.370. The maximum atomic E-state index is 14.2. The molecule has 110 valence electrons. The second-order valence-electron chi connectivity index (χ2n) is 5.25. The zero-order valence-corrected chi connectivity index (χ0v) is 12.5. The Bertz CT molecular complexity index is 773. The average Bonchev–Trinajstić information content (AvgIpc) is 2.46. The van der Waals surface area contributed by atoms with Crippen LogP contribution < -0.4 is 0 Å². The lowest BCUT2D eigenvalue weighted by Crippen LogP contribution is -2.40. The minimum atomic E-state index is -3.42. The molecule has 0 aliphatic carbocycles. The van der Waals surface area contributed by atoms with Crippen LogP contribution in [-0.2, 0) is 16.4 Å². The highest BCUT2D eigenvalue weighted by atomic mass is 32.2. The normalized spacial score (nSPS) is 19.2. The molecule has 2 aromatic rings. The molecule has 0 radical (unpaired) electrons. The van der Waals surface area contributed by atoms with E-state index in [1.165, 1.54) is 16.6 Å². The van der Waals surface area contributed by atoms with Crippen LogP contribution in [0.1, 0.15) is 22.7 Å². The molecule has 0 N–H and O–H groups in total. The van der Waals surface area contributed by atoms with Crippen molar-refractivity contribution in [2.75, 3.05) is 12.8 Å². The number of benzene rings is 2. The van der Waals surface area contributed by atoms with E-state index >= 15 is 0 Å². The fourth-order valence-corrected chi connectivity index (χ4v) is 3.95. The first-order valence-corrected chi connectivity index (χ1v) is 8.62. The number of hydrogen-bond donors (Lipinski definition) is 0. The fourth-order valence-electron chi connectivity index (χ4n) is 2.92. The average molecular weight is 305 g/mol. The third kappa shape index (κ3) is 2.59. The smallest absolute Gasteiger partial charge is 0.212 e. The molecule has 0 saturated carbocycles. The summed E-state index contributed by atoms with van der Waals surface area (Å²) in [5, 5.41) is 0. The summed E-state index contributed by atoms with van der Waals surface area (Å²) in [6, 6.07) is 13.4. The third-order valence-electron chi connectivity index (χ3n) is 3.86. The molecule has 0 spiro atoms.